The maximum atomic E-state index is 10.9. The molecular weight excluding hydrogens is 166 g/mol. The smallest absolute Gasteiger partial charge is 0.136 e. The molecule has 1 saturated carbocycles. The molecular formula is C9H9N3O. The highest BCUT2D eigenvalue weighted by Crippen LogP contribution is 2.39. The molecule has 4 heteroatoms. The molecule has 1 N–H and O–H groups in total. The normalized spacial score (nSPS) is 19.2. The van der Waals surface area contributed by atoms with E-state index in [0.29, 0.717) is 18.5 Å². The lowest BCUT2D eigenvalue weighted by atomic mass is 9.67. The molecule has 1 heterocycles. The first kappa shape index (κ1) is 7.99. The molecule has 0 bridgehead atoms. The van der Waals surface area contributed by atoms with Crippen molar-refractivity contribution in [1.29, 1.82) is 5.26 Å². The molecule has 0 spiro atoms. The summed E-state index contributed by atoms with van der Waals surface area (Å²) < 4.78 is 0. The van der Waals surface area contributed by atoms with E-state index in [0.717, 1.165) is 5.69 Å². The van der Waals surface area contributed by atoms with Crippen LogP contribution in [0.5, 0.6) is 0 Å². The van der Waals surface area contributed by atoms with Gasteiger partial charge in [-0.2, -0.15) is 10.4 Å². The van der Waals surface area contributed by atoms with Crippen LogP contribution in [0.4, 0.5) is 0 Å². The van der Waals surface area contributed by atoms with Crippen LogP contribution in [0.1, 0.15) is 24.2 Å². The number of rotatable bonds is 1. The molecule has 1 fully saturated rings. The van der Waals surface area contributed by atoms with Crippen molar-refractivity contribution in [1.82, 2.24) is 10.2 Å². The van der Waals surface area contributed by atoms with Gasteiger partial charge in [-0.3, -0.25) is 9.89 Å². The number of nitriles is 1. The van der Waals surface area contributed by atoms with Gasteiger partial charge in [-0.05, 0) is 13.0 Å². The van der Waals surface area contributed by atoms with Gasteiger partial charge in [-0.1, -0.05) is 0 Å². The van der Waals surface area contributed by atoms with Crippen molar-refractivity contribution >= 4 is 5.78 Å². The third-order valence-electron chi connectivity index (χ3n) is 2.41. The average Bonchev–Trinajstić information content (AvgIpc) is 2.46. The zero-order valence-electron chi connectivity index (χ0n) is 7.29. The molecule has 0 saturated heterocycles. The predicted octanol–water partition coefficient (Wildman–Crippen LogP) is 0.842. The number of carbonyl (C=O) groups is 1. The lowest BCUT2D eigenvalue weighted by Gasteiger charge is -2.31. The SMILES string of the molecule is Cc1cc(C2(C#N)CC(=O)C2)n[nH]1. The van der Waals surface area contributed by atoms with E-state index in [1.165, 1.54) is 0 Å². The quantitative estimate of drug-likeness (QED) is 0.687. The molecule has 0 aliphatic heterocycles. The van der Waals surface area contributed by atoms with Crippen LogP contribution in [-0.4, -0.2) is 16.0 Å². The minimum absolute atomic E-state index is 0.141. The highest BCUT2D eigenvalue weighted by molar-refractivity contribution is 5.89. The summed E-state index contributed by atoms with van der Waals surface area (Å²) in [6, 6.07) is 4.00. The molecule has 66 valence electrons. The summed E-state index contributed by atoms with van der Waals surface area (Å²) >= 11 is 0. The molecule has 13 heavy (non-hydrogen) atoms. The predicted molar refractivity (Wildman–Crippen MR) is 44.9 cm³/mol. The van der Waals surface area contributed by atoms with E-state index < -0.39 is 5.41 Å². The fourth-order valence-electron chi connectivity index (χ4n) is 1.60. The second-order valence-corrected chi connectivity index (χ2v) is 3.52. The van der Waals surface area contributed by atoms with E-state index in [2.05, 4.69) is 16.3 Å². The minimum Gasteiger partial charge on any atom is -0.300 e. The van der Waals surface area contributed by atoms with Crippen LogP contribution in [0, 0.1) is 18.3 Å². The van der Waals surface area contributed by atoms with Gasteiger partial charge in [0, 0.05) is 18.5 Å². The lowest BCUT2D eigenvalue weighted by Crippen LogP contribution is -2.40. The monoisotopic (exact) mass is 175 g/mol. The number of hydrogen-bond acceptors (Lipinski definition) is 3. The van der Waals surface area contributed by atoms with Crippen LogP contribution < -0.4 is 0 Å². The Morgan fingerprint density at radius 1 is 1.69 bits per heavy atom. The van der Waals surface area contributed by atoms with Crippen LogP contribution in [-0.2, 0) is 10.2 Å². The highest BCUT2D eigenvalue weighted by atomic mass is 16.1. The molecule has 1 aliphatic carbocycles. The topological polar surface area (TPSA) is 69.5 Å². The highest BCUT2D eigenvalue weighted by Gasteiger charge is 2.47. The molecule has 1 aliphatic rings. The Morgan fingerprint density at radius 2 is 2.38 bits per heavy atom. The standard InChI is InChI=1S/C9H9N3O/c1-6-2-8(12-11-6)9(5-10)3-7(13)4-9/h2H,3-4H2,1H3,(H,11,12). The van der Waals surface area contributed by atoms with E-state index in [1.54, 1.807) is 0 Å². The number of nitrogens with one attached hydrogen (secondary N) is 1. The molecule has 1 aromatic rings. The fraction of sp³-hybridized carbons (Fsp3) is 0.444. The Hall–Kier alpha value is -1.63. The van der Waals surface area contributed by atoms with E-state index in [4.69, 9.17) is 5.26 Å². The second kappa shape index (κ2) is 2.43. The van der Waals surface area contributed by atoms with Crippen molar-refractivity contribution in [2.45, 2.75) is 25.2 Å². The van der Waals surface area contributed by atoms with Crippen LogP contribution in [0.15, 0.2) is 6.07 Å². The van der Waals surface area contributed by atoms with Crippen LogP contribution in [0.25, 0.3) is 0 Å². The number of carbonyl (C=O) groups excluding carboxylic acids is 1. The third kappa shape index (κ3) is 1.04. The summed E-state index contributed by atoms with van der Waals surface area (Å²) in [6.07, 6.45) is 0.627. The van der Waals surface area contributed by atoms with Crippen LogP contribution >= 0.6 is 0 Å². The van der Waals surface area contributed by atoms with Gasteiger partial charge in [0.25, 0.3) is 0 Å². The molecule has 0 atom stereocenters. The molecule has 0 unspecified atom stereocenters. The molecule has 2 rings (SSSR count). The first-order chi connectivity index (χ1) is 6.16. The van der Waals surface area contributed by atoms with E-state index in [1.807, 2.05) is 13.0 Å². The fourth-order valence-corrected chi connectivity index (χ4v) is 1.60. The van der Waals surface area contributed by atoms with Gasteiger partial charge in [0.05, 0.1) is 11.8 Å². The largest absolute Gasteiger partial charge is 0.300 e. The zero-order chi connectivity index (χ0) is 9.47. The third-order valence-corrected chi connectivity index (χ3v) is 2.41. The number of Topliss-reactive ketones (excluding diaryl/α,β-unsaturated/α-hetero) is 1. The van der Waals surface area contributed by atoms with Gasteiger partial charge in [-0.15, -0.1) is 0 Å². The first-order valence-electron chi connectivity index (χ1n) is 4.12. The van der Waals surface area contributed by atoms with Gasteiger partial charge in [0.2, 0.25) is 0 Å². The molecule has 1 aromatic heterocycles. The number of H-pyrrole nitrogens is 1. The summed E-state index contributed by atoms with van der Waals surface area (Å²) in [5.74, 6) is 0.141. The summed E-state index contributed by atoms with van der Waals surface area (Å²) in [5, 5.41) is 15.8. The van der Waals surface area contributed by atoms with Crippen molar-refractivity contribution in [3.05, 3.63) is 17.5 Å². The van der Waals surface area contributed by atoms with Crippen molar-refractivity contribution in [2.24, 2.45) is 0 Å². The number of aromatic amines is 1. The number of nitrogens with zero attached hydrogens (tertiary/aromatic N) is 2. The maximum Gasteiger partial charge on any atom is 0.136 e. The second-order valence-electron chi connectivity index (χ2n) is 3.52. The van der Waals surface area contributed by atoms with Gasteiger partial charge in [0.1, 0.15) is 11.2 Å². The number of ketones is 1. The number of hydrogen-bond donors (Lipinski definition) is 1. The first-order valence-corrected chi connectivity index (χ1v) is 4.12. The summed E-state index contributed by atoms with van der Waals surface area (Å²) in [4.78, 5) is 10.9. The van der Waals surface area contributed by atoms with Crippen molar-refractivity contribution < 1.29 is 4.79 Å². The van der Waals surface area contributed by atoms with Crippen molar-refractivity contribution in [3.63, 3.8) is 0 Å². The van der Waals surface area contributed by atoms with Crippen LogP contribution in [0.2, 0.25) is 0 Å². The van der Waals surface area contributed by atoms with E-state index >= 15 is 0 Å². The van der Waals surface area contributed by atoms with Crippen molar-refractivity contribution in [3.8, 4) is 6.07 Å². The Morgan fingerprint density at radius 3 is 2.77 bits per heavy atom. The summed E-state index contributed by atoms with van der Waals surface area (Å²) in [5.41, 5.74) is 0.984. The van der Waals surface area contributed by atoms with Gasteiger partial charge in [0.15, 0.2) is 0 Å². The number of aryl methyl sites for hydroxylation is 1. The molecule has 0 amide bonds. The lowest BCUT2D eigenvalue weighted by molar-refractivity contribution is -0.126. The summed E-state index contributed by atoms with van der Waals surface area (Å²) in [7, 11) is 0. The van der Waals surface area contributed by atoms with Crippen molar-refractivity contribution in [2.75, 3.05) is 0 Å². The zero-order valence-corrected chi connectivity index (χ0v) is 7.29. The summed E-state index contributed by atoms with van der Waals surface area (Å²) in [6.45, 7) is 1.88. The maximum absolute atomic E-state index is 10.9. The minimum atomic E-state index is -0.637. The molecule has 4 nitrogen and oxygen atoms in total. The Labute approximate surface area is 75.6 Å². The average molecular weight is 175 g/mol. The van der Waals surface area contributed by atoms with Gasteiger partial charge >= 0.3 is 0 Å². The Bertz CT molecular complexity index is 391. The van der Waals surface area contributed by atoms with Gasteiger partial charge in [-0.25, -0.2) is 0 Å². The Kier molecular flexibility index (Phi) is 1.49. The number of aromatic nitrogens is 2. The van der Waals surface area contributed by atoms with Crippen LogP contribution in [0.3, 0.4) is 0 Å². The van der Waals surface area contributed by atoms with E-state index in [-0.39, 0.29) is 5.78 Å². The molecule has 0 aromatic carbocycles. The Balaban J connectivity index is 2.35. The van der Waals surface area contributed by atoms with E-state index in [9.17, 15) is 4.79 Å². The van der Waals surface area contributed by atoms with Gasteiger partial charge < -0.3 is 0 Å². The molecule has 0 radical (unpaired) electrons.